The van der Waals surface area contributed by atoms with Gasteiger partial charge in [0.2, 0.25) is 0 Å². The molecule has 0 aliphatic carbocycles. The molecule has 0 aliphatic rings. The zero-order valence-electron chi connectivity index (χ0n) is 12.3. The van der Waals surface area contributed by atoms with Crippen LogP contribution in [0.1, 0.15) is 11.1 Å². The Labute approximate surface area is 125 Å². The van der Waals surface area contributed by atoms with Crippen LogP contribution < -0.4 is 10.2 Å². The standard InChI is InChI=1S/C17H20N2O2/c1-19(2)16-9-7-15(8-10-16)18-12-14-5-3-13(4-6-14)11-17(20)21/h3-10,18H,11-12H2,1-2H3,(H,20,21). The average Bonchev–Trinajstić information content (AvgIpc) is 2.46. The third-order valence-electron chi connectivity index (χ3n) is 3.26. The van der Waals surface area contributed by atoms with Crippen LogP contribution in [0.25, 0.3) is 0 Å². The predicted octanol–water partition coefficient (Wildman–Crippen LogP) is 2.99. The number of carbonyl (C=O) groups is 1. The molecule has 0 aromatic heterocycles. The van der Waals surface area contributed by atoms with Crippen molar-refractivity contribution in [2.45, 2.75) is 13.0 Å². The van der Waals surface area contributed by atoms with Gasteiger partial charge in [0.15, 0.2) is 0 Å². The van der Waals surface area contributed by atoms with Crippen molar-refractivity contribution < 1.29 is 9.90 Å². The Hall–Kier alpha value is -2.49. The van der Waals surface area contributed by atoms with Crippen molar-refractivity contribution in [3.8, 4) is 0 Å². The van der Waals surface area contributed by atoms with Gasteiger partial charge in [0.05, 0.1) is 6.42 Å². The SMILES string of the molecule is CN(C)c1ccc(NCc2ccc(CC(=O)O)cc2)cc1. The minimum absolute atomic E-state index is 0.0692. The molecule has 21 heavy (non-hydrogen) atoms. The van der Waals surface area contributed by atoms with E-state index in [1.165, 1.54) is 5.69 Å². The molecule has 0 heterocycles. The van der Waals surface area contributed by atoms with Crippen LogP contribution in [-0.2, 0) is 17.8 Å². The minimum Gasteiger partial charge on any atom is -0.481 e. The zero-order valence-corrected chi connectivity index (χ0v) is 12.3. The Bertz CT molecular complexity index is 589. The van der Waals surface area contributed by atoms with Crippen LogP contribution in [0.3, 0.4) is 0 Å². The topological polar surface area (TPSA) is 52.6 Å². The highest BCUT2D eigenvalue weighted by Gasteiger charge is 2.01. The normalized spacial score (nSPS) is 10.2. The van der Waals surface area contributed by atoms with Gasteiger partial charge in [0, 0.05) is 32.0 Å². The lowest BCUT2D eigenvalue weighted by molar-refractivity contribution is -0.136. The summed E-state index contributed by atoms with van der Waals surface area (Å²) < 4.78 is 0. The fraction of sp³-hybridized carbons (Fsp3) is 0.235. The molecule has 4 heteroatoms. The van der Waals surface area contributed by atoms with E-state index >= 15 is 0 Å². The Kier molecular flexibility index (Phi) is 4.82. The Morgan fingerprint density at radius 3 is 2.10 bits per heavy atom. The molecule has 0 amide bonds. The highest BCUT2D eigenvalue weighted by atomic mass is 16.4. The molecule has 110 valence electrons. The van der Waals surface area contributed by atoms with Crippen molar-refractivity contribution >= 4 is 17.3 Å². The van der Waals surface area contributed by atoms with E-state index in [1.54, 1.807) is 0 Å². The Balaban J connectivity index is 1.91. The quantitative estimate of drug-likeness (QED) is 0.856. The van der Waals surface area contributed by atoms with E-state index in [9.17, 15) is 4.79 Å². The smallest absolute Gasteiger partial charge is 0.307 e. The number of rotatable bonds is 6. The average molecular weight is 284 g/mol. The van der Waals surface area contributed by atoms with Crippen LogP contribution in [0, 0.1) is 0 Å². The van der Waals surface area contributed by atoms with Gasteiger partial charge in [-0.15, -0.1) is 0 Å². The first-order valence-corrected chi connectivity index (χ1v) is 6.85. The molecule has 0 saturated carbocycles. The van der Waals surface area contributed by atoms with Crippen molar-refractivity contribution in [2.75, 3.05) is 24.3 Å². The van der Waals surface area contributed by atoms with Gasteiger partial charge < -0.3 is 15.3 Å². The van der Waals surface area contributed by atoms with E-state index in [-0.39, 0.29) is 6.42 Å². The first kappa shape index (κ1) is 14.9. The first-order chi connectivity index (χ1) is 10.0. The third kappa shape index (κ3) is 4.53. The summed E-state index contributed by atoms with van der Waals surface area (Å²) in [5.41, 5.74) is 4.18. The van der Waals surface area contributed by atoms with E-state index in [4.69, 9.17) is 5.11 Å². The number of nitrogens with zero attached hydrogens (tertiary/aromatic N) is 1. The van der Waals surface area contributed by atoms with E-state index in [1.807, 2.05) is 50.5 Å². The van der Waals surface area contributed by atoms with Crippen LogP contribution in [0.4, 0.5) is 11.4 Å². The molecule has 4 nitrogen and oxygen atoms in total. The van der Waals surface area contributed by atoms with Gasteiger partial charge >= 0.3 is 5.97 Å². The molecule has 0 fully saturated rings. The molecule has 0 bridgehead atoms. The summed E-state index contributed by atoms with van der Waals surface area (Å²) in [6.07, 6.45) is 0.0692. The molecule has 0 unspecified atom stereocenters. The lowest BCUT2D eigenvalue weighted by atomic mass is 10.1. The van der Waals surface area contributed by atoms with E-state index < -0.39 is 5.97 Å². The van der Waals surface area contributed by atoms with Crippen molar-refractivity contribution in [1.29, 1.82) is 0 Å². The lowest BCUT2D eigenvalue weighted by Crippen LogP contribution is -2.08. The number of carboxylic acids is 1. The van der Waals surface area contributed by atoms with Gasteiger partial charge in [-0.25, -0.2) is 0 Å². The molecule has 0 aliphatic heterocycles. The van der Waals surface area contributed by atoms with Crippen LogP contribution in [0.5, 0.6) is 0 Å². The molecule has 2 N–H and O–H groups in total. The summed E-state index contributed by atoms with van der Waals surface area (Å²) in [6.45, 7) is 0.717. The van der Waals surface area contributed by atoms with Crippen LogP contribution in [0.2, 0.25) is 0 Å². The van der Waals surface area contributed by atoms with E-state index in [2.05, 4.69) is 22.3 Å². The number of nitrogens with one attached hydrogen (secondary N) is 1. The summed E-state index contributed by atoms with van der Waals surface area (Å²) >= 11 is 0. The van der Waals surface area contributed by atoms with Gasteiger partial charge in [0.25, 0.3) is 0 Å². The van der Waals surface area contributed by atoms with Gasteiger partial charge in [-0.1, -0.05) is 24.3 Å². The van der Waals surface area contributed by atoms with Gasteiger partial charge in [0.1, 0.15) is 0 Å². The fourth-order valence-electron chi connectivity index (χ4n) is 2.03. The highest BCUT2D eigenvalue weighted by molar-refractivity contribution is 5.70. The highest BCUT2D eigenvalue weighted by Crippen LogP contribution is 2.16. The van der Waals surface area contributed by atoms with Crippen LogP contribution in [0.15, 0.2) is 48.5 Å². The third-order valence-corrected chi connectivity index (χ3v) is 3.26. The molecular weight excluding hydrogens is 264 g/mol. The van der Waals surface area contributed by atoms with Crippen molar-refractivity contribution in [3.05, 3.63) is 59.7 Å². The Morgan fingerprint density at radius 1 is 1.00 bits per heavy atom. The molecular formula is C17H20N2O2. The monoisotopic (exact) mass is 284 g/mol. The number of aliphatic carboxylic acids is 1. The second-order valence-corrected chi connectivity index (χ2v) is 5.18. The molecule has 0 spiro atoms. The maximum Gasteiger partial charge on any atom is 0.307 e. The summed E-state index contributed by atoms with van der Waals surface area (Å²) in [5.74, 6) is -0.804. The minimum atomic E-state index is -0.804. The van der Waals surface area contributed by atoms with E-state index in [0.29, 0.717) is 6.54 Å². The first-order valence-electron chi connectivity index (χ1n) is 6.85. The predicted molar refractivity (Wildman–Crippen MR) is 85.9 cm³/mol. The zero-order chi connectivity index (χ0) is 15.2. The summed E-state index contributed by atoms with van der Waals surface area (Å²) in [6, 6.07) is 15.9. The molecule has 0 saturated heterocycles. The summed E-state index contributed by atoms with van der Waals surface area (Å²) in [4.78, 5) is 12.7. The Morgan fingerprint density at radius 2 is 1.57 bits per heavy atom. The lowest BCUT2D eigenvalue weighted by Gasteiger charge is -2.13. The number of anilines is 2. The fourth-order valence-corrected chi connectivity index (χ4v) is 2.03. The number of hydrogen-bond donors (Lipinski definition) is 2. The number of carboxylic acid groups (broad SMARTS) is 1. The summed E-state index contributed by atoms with van der Waals surface area (Å²) in [5, 5.41) is 12.1. The van der Waals surface area contributed by atoms with Crippen molar-refractivity contribution in [1.82, 2.24) is 0 Å². The number of hydrogen-bond acceptors (Lipinski definition) is 3. The van der Waals surface area contributed by atoms with Crippen LogP contribution >= 0.6 is 0 Å². The summed E-state index contributed by atoms with van der Waals surface area (Å²) in [7, 11) is 4.03. The van der Waals surface area contributed by atoms with Gasteiger partial charge in [-0.2, -0.15) is 0 Å². The molecule has 0 atom stereocenters. The molecule has 2 aromatic rings. The molecule has 2 aromatic carbocycles. The van der Waals surface area contributed by atoms with Crippen molar-refractivity contribution in [3.63, 3.8) is 0 Å². The number of benzene rings is 2. The van der Waals surface area contributed by atoms with E-state index in [0.717, 1.165) is 16.8 Å². The van der Waals surface area contributed by atoms with Crippen molar-refractivity contribution in [2.24, 2.45) is 0 Å². The molecule has 2 rings (SSSR count). The van der Waals surface area contributed by atoms with Crippen LogP contribution in [-0.4, -0.2) is 25.2 Å². The van der Waals surface area contributed by atoms with Gasteiger partial charge in [-0.3, -0.25) is 4.79 Å². The maximum atomic E-state index is 10.6. The second-order valence-electron chi connectivity index (χ2n) is 5.18. The van der Waals surface area contributed by atoms with Gasteiger partial charge in [-0.05, 0) is 35.4 Å². The second kappa shape index (κ2) is 6.79. The largest absolute Gasteiger partial charge is 0.481 e. The molecule has 0 radical (unpaired) electrons. The maximum absolute atomic E-state index is 10.6.